The second kappa shape index (κ2) is 7.51. The fourth-order valence-electron chi connectivity index (χ4n) is 3.47. The zero-order chi connectivity index (χ0) is 14.4. The van der Waals surface area contributed by atoms with Crippen molar-refractivity contribution >= 4 is 3.32 Å². The molecule has 0 aliphatic heterocycles. The molecule has 0 bridgehead atoms. The minimum atomic E-state index is -0.927. The molecule has 2 aliphatic carbocycles. The first-order chi connectivity index (χ1) is 10.2. The van der Waals surface area contributed by atoms with E-state index in [1.807, 2.05) is 0 Å². The Morgan fingerprint density at radius 1 is 0.957 bits per heavy atom. The average molecular weight is 508 g/mol. The normalized spacial score (nSPS) is 17.0. The molecule has 1 atom stereocenters. The molecule has 1 unspecified atom stereocenters. The van der Waals surface area contributed by atoms with Crippen LogP contribution in [0, 0.1) is 5.92 Å². The minimum absolute atomic E-state index is 0. The van der Waals surface area contributed by atoms with Gasteiger partial charge in [-0.05, 0) is 0 Å². The summed E-state index contributed by atoms with van der Waals surface area (Å²) >= 11 is -0.927. The maximum Gasteiger partial charge on any atom is -1.00 e. The number of hydrogen-bond donors (Lipinski definition) is 0. The van der Waals surface area contributed by atoms with Gasteiger partial charge < -0.3 is 24.8 Å². The van der Waals surface area contributed by atoms with Gasteiger partial charge in [0.2, 0.25) is 0 Å². The predicted octanol–water partition coefficient (Wildman–Crippen LogP) is -1.55. The van der Waals surface area contributed by atoms with Gasteiger partial charge in [-0.25, -0.2) is 0 Å². The molecule has 0 radical (unpaired) electrons. The van der Waals surface area contributed by atoms with E-state index >= 15 is 0 Å². The van der Waals surface area contributed by atoms with Crippen molar-refractivity contribution in [1.29, 1.82) is 0 Å². The SMILES string of the molecule is CC1=[C]([Hf+2][c]2cccc3c2Cc2ccccc2-3)C(C)C=C1.[Cl-].[Cl-]. The minimum Gasteiger partial charge on any atom is -1.00 e. The summed E-state index contributed by atoms with van der Waals surface area (Å²) in [5, 5.41) is 0. The summed E-state index contributed by atoms with van der Waals surface area (Å²) in [6.45, 7) is 4.65. The van der Waals surface area contributed by atoms with Crippen molar-refractivity contribution in [3.63, 3.8) is 0 Å². The van der Waals surface area contributed by atoms with Crippen LogP contribution in [0.25, 0.3) is 11.1 Å². The van der Waals surface area contributed by atoms with Crippen molar-refractivity contribution in [1.82, 2.24) is 0 Å². The summed E-state index contributed by atoms with van der Waals surface area (Å²) in [5.74, 6) is 0.674. The predicted molar refractivity (Wildman–Crippen MR) is 85.3 cm³/mol. The van der Waals surface area contributed by atoms with Crippen molar-refractivity contribution < 1.29 is 47.7 Å². The summed E-state index contributed by atoms with van der Waals surface area (Å²) in [6, 6.07) is 15.9. The summed E-state index contributed by atoms with van der Waals surface area (Å²) in [6.07, 6.45) is 5.84. The van der Waals surface area contributed by atoms with Gasteiger partial charge in [-0.2, -0.15) is 0 Å². The molecule has 2 aliphatic rings. The molecule has 0 nitrogen and oxygen atoms in total. The number of hydrogen-bond acceptors (Lipinski definition) is 0. The van der Waals surface area contributed by atoms with Crippen molar-refractivity contribution in [3.05, 3.63) is 74.6 Å². The number of allylic oxidation sites excluding steroid dienone is 4. The number of fused-ring (bicyclic) bond motifs is 3. The first-order valence-corrected chi connectivity index (χ1v) is 11.2. The van der Waals surface area contributed by atoms with Crippen LogP contribution in [0.2, 0.25) is 0 Å². The van der Waals surface area contributed by atoms with Crippen molar-refractivity contribution in [2.45, 2.75) is 20.3 Å². The molecule has 0 aromatic heterocycles. The van der Waals surface area contributed by atoms with Gasteiger partial charge in [-0.3, -0.25) is 0 Å². The molecule has 0 saturated heterocycles. The molecule has 0 spiro atoms. The van der Waals surface area contributed by atoms with Crippen LogP contribution in [-0.2, 0) is 29.3 Å². The van der Waals surface area contributed by atoms with Crippen LogP contribution >= 0.6 is 0 Å². The van der Waals surface area contributed by atoms with E-state index in [1.165, 1.54) is 16.7 Å². The molecule has 0 heterocycles. The largest absolute Gasteiger partial charge is 1.00 e. The Bertz CT molecular complexity index is 790. The van der Waals surface area contributed by atoms with Crippen LogP contribution in [0.3, 0.4) is 0 Å². The Labute approximate surface area is 162 Å². The van der Waals surface area contributed by atoms with Gasteiger partial charge in [0, 0.05) is 0 Å². The Balaban J connectivity index is 0.000000960. The van der Waals surface area contributed by atoms with Crippen molar-refractivity contribution in [2.24, 2.45) is 5.92 Å². The second-order valence-electron chi connectivity index (χ2n) is 6.04. The Hall–Kier alpha value is -0.630. The molecular weight excluding hydrogens is 490 g/mol. The molecule has 4 rings (SSSR count). The van der Waals surface area contributed by atoms with E-state index in [1.54, 1.807) is 17.8 Å². The van der Waals surface area contributed by atoms with E-state index in [9.17, 15) is 0 Å². The molecule has 0 amide bonds. The maximum absolute atomic E-state index is 2.40. The van der Waals surface area contributed by atoms with E-state index in [2.05, 4.69) is 68.5 Å². The molecule has 0 fully saturated rings. The van der Waals surface area contributed by atoms with Crippen LogP contribution in [0.1, 0.15) is 25.0 Å². The zero-order valence-electron chi connectivity index (χ0n) is 13.2. The summed E-state index contributed by atoms with van der Waals surface area (Å²) in [5.41, 5.74) is 7.63. The first-order valence-electron chi connectivity index (χ1n) is 7.60. The van der Waals surface area contributed by atoms with E-state index in [0.29, 0.717) is 5.92 Å². The van der Waals surface area contributed by atoms with Gasteiger partial charge in [0.15, 0.2) is 0 Å². The van der Waals surface area contributed by atoms with E-state index in [-0.39, 0.29) is 24.8 Å². The Morgan fingerprint density at radius 3 is 2.43 bits per heavy atom. The fraction of sp³-hybridized carbons (Fsp3) is 0.200. The number of halogens is 2. The zero-order valence-corrected chi connectivity index (χ0v) is 18.3. The third kappa shape index (κ3) is 3.29. The smallest absolute Gasteiger partial charge is 1.00 e. The van der Waals surface area contributed by atoms with Crippen LogP contribution in [0.4, 0.5) is 0 Å². The molecule has 0 N–H and O–H groups in total. The molecule has 2 aromatic carbocycles. The first kappa shape index (κ1) is 18.7. The number of benzene rings is 2. The number of rotatable bonds is 2. The van der Waals surface area contributed by atoms with Crippen LogP contribution in [0.15, 0.2) is 63.5 Å². The van der Waals surface area contributed by atoms with E-state index in [4.69, 9.17) is 0 Å². The van der Waals surface area contributed by atoms with Gasteiger partial charge in [0.05, 0.1) is 0 Å². The Morgan fingerprint density at radius 2 is 1.70 bits per heavy atom. The second-order valence-corrected chi connectivity index (χ2v) is 10.8. The topological polar surface area (TPSA) is 0 Å². The van der Waals surface area contributed by atoms with Crippen LogP contribution in [0.5, 0.6) is 0 Å². The van der Waals surface area contributed by atoms with Crippen molar-refractivity contribution in [2.75, 3.05) is 0 Å². The maximum atomic E-state index is 2.40. The van der Waals surface area contributed by atoms with Crippen LogP contribution in [-0.4, -0.2) is 0 Å². The standard InChI is InChI=1S/C13H9.C7H9.2ClH.Hf/c1-3-7-12-10(5-1)9-11-6-2-4-8-13(11)12;1-6-3-4-7(2)5-6;;;/h1-5,7-8H,9H2;3-4,6H,1-2H3;2*1H;/q;;;;+2/p-2. The monoisotopic (exact) mass is 508 g/mol. The summed E-state index contributed by atoms with van der Waals surface area (Å²) < 4.78 is 3.48. The van der Waals surface area contributed by atoms with Crippen molar-refractivity contribution in [3.8, 4) is 11.1 Å². The average Bonchev–Trinajstić information content (AvgIpc) is 3.03. The van der Waals surface area contributed by atoms with Gasteiger partial charge in [-0.1, -0.05) is 0 Å². The van der Waals surface area contributed by atoms with Gasteiger partial charge in [-0.15, -0.1) is 0 Å². The van der Waals surface area contributed by atoms with Gasteiger partial charge in [0.1, 0.15) is 0 Å². The Kier molecular flexibility index (Phi) is 6.10. The van der Waals surface area contributed by atoms with Gasteiger partial charge in [0.25, 0.3) is 0 Å². The molecule has 116 valence electrons. The molecule has 3 heteroatoms. The molecule has 2 aromatic rings. The third-order valence-electron chi connectivity index (χ3n) is 4.64. The van der Waals surface area contributed by atoms with Crippen LogP contribution < -0.4 is 28.1 Å². The van der Waals surface area contributed by atoms with E-state index < -0.39 is 22.9 Å². The summed E-state index contributed by atoms with van der Waals surface area (Å²) in [7, 11) is 0. The van der Waals surface area contributed by atoms with E-state index in [0.717, 1.165) is 6.42 Å². The summed E-state index contributed by atoms with van der Waals surface area (Å²) in [4.78, 5) is 0. The molecular formula is C20H18Cl2Hf. The molecule has 23 heavy (non-hydrogen) atoms. The quantitative estimate of drug-likeness (QED) is 0.369. The van der Waals surface area contributed by atoms with Gasteiger partial charge >= 0.3 is 138 Å². The third-order valence-corrected chi connectivity index (χ3v) is 11.3. The molecule has 0 saturated carbocycles. The fourth-order valence-corrected chi connectivity index (χ4v) is 8.67.